The molecule has 2 aromatic rings. The van der Waals surface area contributed by atoms with E-state index in [9.17, 15) is 4.79 Å². The van der Waals surface area contributed by atoms with Crippen molar-refractivity contribution >= 4 is 17.5 Å². The van der Waals surface area contributed by atoms with Gasteiger partial charge in [0.1, 0.15) is 5.82 Å². The molecule has 8 heteroatoms. The number of likely N-dealkylation sites (N-methyl/N-ethyl adjacent to an activating group) is 1. The monoisotopic (exact) mass is 402 g/mol. The van der Waals surface area contributed by atoms with E-state index in [0.29, 0.717) is 16.9 Å². The van der Waals surface area contributed by atoms with Crippen molar-refractivity contribution in [2.45, 2.75) is 25.8 Å². The number of piperidine rings is 1. The fourth-order valence-electron chi connectivity index (χ4n) is 4.20. The molecule has 0 bridgehead atoms. The molecule has 1 aromatic carbocycles. The SMILES string of the molecule is Cc1nc(C(=O)N2CCN(C3CCCN(C)C3)CC2)nn1-c1ccccc1Cl. The van der Waals surface area contributed by atoms with E-state index in [0.717, 1.165) is 38.4 Å². The van der Waals surface area contributed by atoms with E-state index >= 15 is 0 Å². The molecule has 0 N–H and O–H groups in total. The van der Waals surface area contributed by atoms with Crippen molar-refractivity contribution in [3.8, 4) is 5.69 Å². The van der Waals surface area contributed by atoms with Crippen LogP contribution in [0.15, 0.2) is 24.3 Å². The number of aromatic nitrogens is 3. The molecule has 0 radical (unpaired) electrons. The topological polar surface area (TPSA) is 57.5 Å². The second kappa shape index (κ2) is 8.19. The Morgan fingerprint density at radius 3 is 2.61 bits per heavy atom. The van der Waals surface area contributed by atoms with Gasteiger partial charge in [0.05, 0.1) is 10.7 Å². The molecule has 150 valence electrons. The number of rotatable bonds is 3. The number of benzene rings is 1. The molecule has 1 amide bonds. The molecule has 1 atom stereocenters. The number of likely N-dealkylation sites (tertiary alicyclic amines) is 1. The number of para-hydroxylation sites is 1. The largest absolute Gasteiger partial charge is 0.333 e. The van der Waals surface area contributed by atoms with Crippen LogP contribution in [-0.2, 0) is 0 Å². The lowest BCUT2D eigenvalue weighted by Crippen LogP contribution is -2.55. The molecule has 2 aliphatic rings. The van der Waals surface area contributed by atoms with Gasteiger partial charge in [0.25, 0.3) is 5.91 Å². The zero-order valence-electron chi connectivity index (χ0n) is 16.5. The number of hydrogen-bond acceptors (Lipinski definition) is 5. The quantitative estimate of drug-likeness (QED) is 0.786. The van der Waals surface area contributed by atoms with Crippen molar-refractivity contribution in [2.75, 3.05) is 46.3 Å². The van der Waals surface area contributed by atoms with Crippen molar-refractivity contribution in [2.24, 2.45) is 0 Å². The molecule has 0 spiro atoms. The first kappa shape index (κ1) is 19.4. The third-order valence-corrected chi connectivity index (χ3v) is 6.08. The summed E-state index contributed by atoms with van der Waals surface area (Å²) in [7, 11) is 2.19. The Labute approximate surface area is 170 Å². The minimum atomic E-state index is -0.102. The number of halogens is 1. The van der Waals surface area contributed by atoms with Gasteiger partial charge in [-0.2, -0.15) is 0 Å². The summed E-state index contributed by atoms with van der Waals surface area (Å²) in [5.41, 5.74) is 0.736. The predicted octanol–water partition coefficient (Wildman–Crippen LogP) is 2.08. The highest BCUT2D eigenvalue weighted by Crippen LogP contribution is 2.21. The summed E-state index contributed by atoms with van der Waals surface area (Å²) >= 11 is 6.28. The van der Waals surface area contributed by atoms with Gasteiger partial charge in [0, 0.05) is 38.8 Å². The molecule has 0 aliphatic carbocycles. The van der Waals surface area contributed by atoms with Crippen LogP contribution >= 0.6 is 11.6 Å². The second-order valence-electron chi connectivity index (χ2n) is 7.73. The molecule has 0 saturated carbocycles. The number of carbonyl (C=O) groups is 1. The van der Waals surface area contributed by atoms with Crippen LogP contribution in [0, 0.1) is 6.92 Å². The van der Waals surface area contributed by atoms with Crippen molar-refractivity contribution in [1.82, 2.24) is 29.5 Å². The standard InChI is InChI=1S/C20H27ClN6O/c1-15-22-19(23-27(15)18-8-4-3-7-17(18)21)20(28)26-12-10-25(11-13-26)16-6-5-9-24(2)14-16/h3-4,7-8,16H,5-6,9-14H2,1-2H3. The summed E-state index contributed by atoms with van der Waals surface area (Å²) in [6, 6.07) is 8.05. The Morgan fingerprint density at radius 1 is 1.14 bits per heavy atom. The van der Waals surface area contributed by atoms with Crippen molar-refractivity contribution < 1.29 is 4.79 Å². The Bertz CT molecular complexity index is 845. The molecule has 1 unspecified atom stereocenters. The highest BCUT2D eigenvalue weighted by molar-refractivity contribution is 6.32. The van der Waals surface area contributed by atoms with Crippen LogP contribution in [-0.4, -0.2) is 87.7 Å². The Morgan fingerprint density at radius 2 is 1.89 bits per heavy atom. The molecular weight excluding hydrogens is 376 g/mol. The van der Waals surface area contributed by atoms with Gasteiger partial charge in [-0.05, 0) is 45.5 Å². The number of nitrogens with zero attached hydrogens (tertiary/aromatic N) is 6. The average molecular weight is 403 g/mol. The number of hydrogen-bond donors (Lipinski definition) is 0. The van der Waals surface area contributed by atoms with Crippen LogP contribution in [0.1, 0.15) is 29.3 Å². The van der Waals surface area contributed by atoms with Crippen LogP contribution in [0.3, 0.4) is 0 Å². The van der Waals surface area contributed by atoms with Crippen LogP contribution in [0.4, 0.5) is 0 Å². The minimum Gasteiger partial charge on any atom is -0.333 e. The first-order valence-electron chi connectivity index (χ1n) is 9.93. The van der Waals surface area contributed by atoms with Gasteiger partial charge in [-0.1, -0.05) is 23.7 Å². The fraction of sp³-hybridized carbons (Fsp3) is 0.550. The highest BCUT2D eigenvalue weighted by atomic mass is 35.5. The maximum atomic E-state index is 12.9. The zero-order valence-corrected chi connectivity index (χ0v) is 17.3. The summed E-state index contributed by atoms with van der Waals surface area (Å²) < 4.78 is 1.64. The third kappa shape index (κ3) is 3.92. The van der Waals surface area contributed by atoms with Gasteiger partial charge in [0.15, 0.2) is 0 Å². The normalized spacial score (nSPS) is 21.8. The van der Waals surface area contributed by atoms with E-state index in [2.05, 4.69) is 26.9 Å². The van der Waals surface area contributed by atoms with E-state index in [1.54, 1.807) is 10.7 Å². The minimum absolute atomic E-state index is 0.102. The van der Waals surface area contributed by atoms with Crippen LogP contribution < -0.4 is 0 Å². The van der Waals surface area contributed by atoms with E-state index in [4.69, 9.17) is 11.6 Å². The summed E-state index contributed by atoms with van der Waals surface area (Å²) in [5, 5.41) is 5.03. The number of amides is 1. The summed E-state index contributed by atoms with van der Waals surface area (Å²) in [4.78, 5) is 24.1. The smallest absolute Gasteiger partial charge is 0.293 e. The molecule has 28 heavy (non-hydrogen) atoms. The molecule has 4 rings (SSSR count). The zero-order chi connectivity index (χ0) is 19.7. The molecule has 1 aromatic heterocycles. The Kier molecular flexibility index (Phi) is 5.66. The van der Waals surface area contributed by atoms with Gasteiger partial charge < -0.3 is 9.80 Å². The number of piperazine rings is 1. The first-order valence-corrected chi connectivity index (χ1v) is 10.3. The van der Waals surface area contributed by atoms with Crippen molar-refractivity contribution in [1.29, 1.82) is 0 Å². The van der Waals surface area contributed by atoms with Gasteiger partial charge in [-0.15, -0.1) is 5.10 Å². The highest BCUT2D eigenvalue weighted by Gasteiger charge is 2.30. The predicted molar refractivity (Wildman–Crippen MR) is 109 cm³/mol. The van der Waals surface area contributed by atoms with Gasteiger partial charge in [-0.25, -0.2) is 9.67 Å². The van der Waals surface area contributed by atoms with E-state index < -0.39 is 0 Å². The van der Waals surface area contributed by atoms with E-state index in [1.807, 2.05) is 30.0 Å². The Balaban J connectivity index is 1.42. The lowest BCUT2D eigenvalue weighted by atomic mass is 10.0. The molecule has 2 saturated heterocycles. The summed E-state index contributed by atoms with van der Waals surface area (Å²) in [5.74, 6) is 0.790. The van der Waals surface area contributed by atoms with Gasteiger partial charge in [-0.3, -0.25) is 9.69 Å². The number of aryl methyl sites for hydroxylation is 1. The van der Waals surface area contributed by atoms with Crippen molar-refractivity contribution in [3.05, 3.63) is 40.9 Å². The molecular formula is C20H27ClN6O. The summed E-state index contributed by atoms with van der Waals surface area (Å²) in [6.45, 7) is 7.41. The lowest BCUT2D eigenvalue weighted by molar-refractivity contribution is 0.0444. The molecule has 3 heterocycles. The maximum absolute atomic E-state index is 12.9. The third-order valence-electron chi connectivity index (χ3n) is 5.76. The van der Waals surface area contributed by atoms with Gasteiger partial charge in [0.2, 0.25) is 5.82 Å². The first-order chi connectivity index (χ1) is 13.5. The van der Waals surface area contributed by atoms with Crippen LogP contribution in [0.5, 0.6) is 0 Å². The summed E-state index contributed by atoms with van der Waals surface area (Å²) in [6.07, 6.45) is 2.50. The van der Waals surface area contributed by atoms with Crippen LogP contribution in [0.2, 0.25) is 5.02 Å². The van der Waals surface area contributed by atoms with E-state index in [-0.39, 0.29) is 11.7 Å². The Hall–Kier alpha value is -1.96. The number of carbonyl (C=O) groups excluding carboxylic acids is 1. The molecule has 2 fully saturated rings. The lowest BCUT2D eigenvalue weighted by Gasteiger charge is -2.42. The van der Waals surface area contributed by atoms with Crippen molar-refractivity contribution in [3.63, 3.8) is 0 Å². The average Bonchev–Trinajstić information content (AvgIpc) is 3.09. The maximum Gasteiger partial charge on any atom is 0.293 e. The fourth-order valence-corrected chi connectivity index (χ4v) is 4.42. The molecule has 7 nitrogen and oxygen atoms in total. The van der Waals surface area contributed by atoms with Gasteiger partial charge >= 0.3 is 0 Å². The van der Waals surface area contributed by atoms with E-state index in [1.165, 1.54) is 19.4 Å². The molecule has 2 aliphatic heterocycles. The van der Waals surface area contributed by atoms with Crippen LogP contribution in [0.25, 0.3) is 5.69 Å². The second-order valence-corrected chi connectivity index (χ2v) is 8.14.